The number of nitrogens with zero attached hydrogens (tertiary/aromatic N) is 3. The van der Waals surface area contributed by atoms with Gasteiger partial charge in [0.05, 0.1) is 44.5 Å². The molecule has 1 N–H and O–H groups in total. The normalized spacial score (nSPS) is 15.9. The van der Waals surface area contributed by atoms with Crippen LogP contribution in [0.2, 0.25) is 0 Å². The van der Waals surface area contributed by atoms with E-state index in [1.54, 1.807) is 31.9 Å². The van der Waals surface area contributed by atoms with E-state index >= 15 is 0 Å². The second kappa shape index (κ2) is 9.10. The minimum atomic E-state index is -0.824. The van der Waals surface area contributed by atoms with Gasteiger partial charge in [-0.2, -0.15) is 0 Å². The number of hydrogen-bond acceptors (Lipinski definition) is 9. The van der Waals surface area contributed by atoms with Gasteiger partial charge in [-0.1, -0.05) is 23.5 Å². The van der Waals surface area contributed by atoms with Crippen LogP contribution in [0.1, 0.15) is 32.0 Å². The monoisotopic (exact) mass is 523 g/mol. The predicted octanol–water partition coefficient (Wildman–Crippen LogP) is 5.88. The van der Waals surface area contributed by atoms with Gasteiger partial charge >= 0.3 is 0 Å². The van der Waals surface area contributed by atoms with Crippen molar-refractivity contribution in [1.29, 1.82) is 0 Å². The number of aliphatic hydroxyl groups excluding tert-OH is 1. The predicted molar refractivity (Wildman–Crippen MR) is 140 cm³/mol. The van der Waals surface area contributed by atoms with Crippen molar-refractivity contribution < 1.29 is 19.4 Å². The van der Waals surface area contributed by atoms with Crippen LogP contribution in [0.25, 0.3) is 10.2 Å². The number of carbonyl (C=O) groups is 2. The number of Topliss-reactive ketones (excluding diaryl/α,β-unsaturated/α-hetero) is 1. The molecule has 1 aliphatic heterocycles. The summed E-state index contributed by atoms with van der Waals surface area (Å²) in [4.78, 5) is 39.0. The Hall–Kier alpha value is -3.21. The molecule has 178 valence electrons. The standard InChI is InChI=1S/C25H21N3O4S3/c1-12-23(34-13(2)26-12)21(29)19-20(14-5-8-16(33-4)9-6-14)28(24(31)22(19)30)25-27-17-10-7-15(32-3)11-18(17)35-25/h5-11,20,30H,1-4H3. The lowest BCUT2D eigenvalue weighted by Crippen LogP contribution is -2.31. The van der Waals surface area contributed by atoms with Crippen molar-refractivity contribution in [3.63, 3.8) is 0 Å². The first-order chi connectivity index (χ1) is 16.8. The molecule has 2 aromatic carbocycles. The molecule has 1 amide bonds. The highest BCUT2D eigenvalue weighted by Crippen LogP contribution is 2.45. The van der Waals surface area contributed by atoms with E-state index in [0.717, 1.165) is 14.6 Å². The quantitative estimate of drug-likeness (QED) is 0.249. The minimum Gasteiger partial charge on any atom is -0.503 e. The molecular formula is C25H21N3O4S3. The van der Waals surface area contributed by atoms with E-state index < -0.39 is 23.5 Å². The average Bonchev–Trinajstić information content (AvgIpc) is 3.51. The van der Waals surface area contributed by atoms with Crippen LogP contribution in [0.15, 0.2) is 58.7 Å². The highest BCUT2D eigenvalue weighted by atomic mass is 32.2. The van der Waals surface area contributed by atoms with Crippen LogP contribution >= 0.6 is 34.4 Å². The number of aromatic nitrogens is 2. The van der Waals surface area contributed by atoms with Gasteiger partial charge in [-0.15, -0.1) is 23.1 Å². The molecular weight excluding hydrogens is 502 g/mol. The molecule has 1 atom stereocenters. The first kappa shape index (κ1) is 23.5. The number of ketones is 1. The fraction of sp³-hybridized carbons (Fsp3) is 0.200. The summed E-state index contributed by atoms with van der Waals surface area (Å²) in [6.07, 6.45) is 1.98. The average molecular weight is 524 g/mol. The fourth-order valence-corrected chi connectivity index (χ4v) is 6.43. The smallest absolute Gasteiger partial charge is 0.296 e. The van der Waals surface area contributed by atoms with Crippen LogP contribution in [0.3, 0.4) is 0 Å². The van der Waals surface area contributed by atoms with Gasteiger partial charge in [-0.3, -0.25) is 14.5 Å². The third-order valence-electron chi connectivity index (χ3n) is 5.78. The van der Waals surface area contributed by atoms with Crippen LogP contribution in [-0.4, -0.2) is 40.1 Å². The minimum absolute atomic E-state index is 0.0375. The molecule has 35 heavy (non-hydrogen) atoms. The Bertz CT molecular complexity index is 1500. The number of carbonyl (C=O) groups excluding carboxylic acids is 2. The number of anilines is 1. The van der Waals surface area contributed by atoms with E-state index in [2.05, 4.69) is 9.97 Å². The molecule has 0 fully saturated rings. The summed E-state index contributed by atoms with van der Waals surface area (Å²) in [6.45, 7) is 3.58. The van der Waals surface area contributed by atoms with Crippen molar-refractivity contribution in [2.24, 2.45) is 0 Å². The zero-order valence-corrected chi connectivity index (χ0v) is 21.8. The molecule has 3 heterocycles. The maximum atomic E-state index is 13.7. The lowest BCUT2D eigenvalue weighted by atomic mass is 9.95. The third-order valence-corrected chi connectivity index (χ3v) is 8.62. The van der Waals surface area contributed by atoms with Gasteiger partial charge in [0.2, 0.25) is 5.78 Å². The van der Waals surface area contributed by atoms with Crippen molar-refractivity contribution >= 4 is 61.5 Å². The van der Waals surface area contributed by atoms with E-state index in [1.807, 2.05) is 49.6 Å². The topological polar surface area (TPSA) is 92.6 Å². The van der Waals surface area contributed by atoms with Crippen LogP contribution < -0.4 is 9.64 Å². The largest absolute Gasteiger partial charge is 0.503 e. The zero-order chi connectivity index (χ0) is 24.9. The maximum Gasteiger partial charge on any atom is 0.296 e. The van der Waals surface area contributed by atoms with E-state index in [-0.39, 0.29) is 5.57 Å². The summed E-state index contributed by atoms with van der Waals surface area (Å²) in [5, 5.41) is 12.1. The molecule has 7 nitrogen and oxygen atoms in total. The summed E-state index contributed by atoms with van der Waals surface area (Å²) in [5.41, 5.74) is 2.02. The molecule has 0 radical (unpaired) electrons. The van der Waals surface area contributed by atoms with E-state index in [1.165, 1.54) is 27.6 Å². The van der Waals surface area contributed by atoms with Crippen LogP contribution in [0.4, 0.5) is 5.13 Å². The maximum absolute atomic E-state index is 13.7. The van der Waals surface area contributed by atoms with Gasteiger partial charge in [0.25, 0.3) is 5.91 Å². The molecule has 0 saturated carbocycles. The van der Waals surface area contributed by atoms with Crippen molar-refractivity contribution in [1.82, 2.24) is 9.97 Å². The van der Waals surface area contributed by atoms with Crippen LogP contribution in [-0.2, 0) is 4.79 Å². The molecule has 0 saturated heterocycles. The number of thiazole rings is 2. The highest BCUT2D eigenvalue weighted by molar-refractivity contribution is 7.98. The van der Waals surface area contributed by atoms with Gasteiger partial charge in [0.1, 0.15) is 5.75 Å². The van der Waals surface area contributed by atoms with E-state index in [9.17, 15) is 14.7 Å². The summed E-state index contributed by atoms with van der Waals surface area (Å²) in [7, 11) is 1.59. The Kier molecular flexibility index (Phi) is 6.12. The molecule has 0 bridgehead atoms. The molecule has 0 aliphatic carbocycles. The fourth-order valence-electron chi connectivity index (χ4n) is 4.12. The Labute approximate surface area is 214 Å². The number of hydrogen-bond donors (Lipinski definition) is 1. The number of amides is 1. The van der Waals surface area contributed by atoms with Crippen molar-refractivity contribution in [3.05, 3.63) is 74.9 Å². The number of thioether (sulfide) groups is 1. The van der Waals surface area contributed by atoms with Crippen LogP contribution in [0, 0.1) is 13.8 Å². The molecule has 0 spiro atoms. The summed E-state index contributed by atoms with van der Waals surface area (Å²) in [5.74, 6) is -0.936. The number of benzene rings is 2. The van der Waals surface area contributed by atoms with Crippen molar-refractivity contribution in [2.75, 3.05) is 18.3 Å². The number of ether oxygens (including phenoxy) is 1. The lowest BCUT2D eigenvalue weighted by molar-refractivity contribution is -0.117. The van der Waals surface area contributed by atoms with Crippen molar-refractivity contribution in [3.8, 4) is 5.75 Å². The van der Waals surface area contributed by atoms with E-state index in [0.29, 0.717) is 32.5 Å². The molecule has 1 aliphatic rings. The molecule has 4 aromatic rings. The Balaban J connectivity index is 1.67. The molecule has 1 unspecified atom stereocenters. The number of fused-ring (bicyclic) bond motifs is 1. The Morgan fingerprint density at radius 1 is 1.11 bits per heavy atom. The van der Waals surface area contributed by atoms with Gasteiger partial charge in [0, 0.05) is 4.90 Å². The Morgan fingerprint density at radius 2 is 1.86 bits per heavy atom. The third kappa shape index (κ3) is 4.01. The first-order valence-corrected chi connectivity index (χ1v) is 13.5. The Morgan fingerprint density at radius 3 is 2.49 bits per heavy atom. The number of aryl methyl sites for hydroxylation is 2. The van der Waals surface area contributed by atoms with Gasteiger partial charge in [-0.05, 0) is 56.0 Å². The van der Waals surface area contributed by atoms with Gasteiger partial charge < -0.3 is 9.84 Å². The summed E-state index contributed by atoms with van der Waals surface area (Å²) < 4.78 is 6.15. The number of methoxy groups -OCH3 is 1. The van der Waals surface area contributed by atoms with E-state index in [4.69, 9.17) is 4.74 Å². The molecule has 5 rings (SSSR count). The van der Waals surface area contributed by atoms with Crippen molar-refractivity contribution in [2.45, 2.75) is 24.8 Å². The number of aliphatic hydroxyl groups is 1. The molecule has 2 aromatic heterocycles. The highest BCUT2D eigenvalue weighted by Gasteiger charge is 2.46. The first-order valence-electron chi connectivity index (χ1n) is 10.7. The van der Waals surface area contributed by atoms with Crippen LogP contribution in [0.5, 0.6) is 5.75 Å². The SMILES string of the molecule is COc1ccc2nc(N3C(=O)C(O)=C(C(=O)c4sc(C)nc4C)C3c3ccc(SC)cc3)sc2c1. The lowest BCUT2D eigenvalue weighted by Gasteiger charge is -2.24. The second-order valence-electron chi connectivity index (χ2n) is 7.92. The number of rotatable bonds is 6. The zero-order valence-electron chi connectivity index (χ0n) is 19.4. The summed E-state index contributed by atoms with van der Waals surface area (Å²) in [6, 6.07) is 12.3. The summed E-state index contributed by atoms with van der Waals surface area (Å²) >= 11 is 4.15. The second-order valence-corrected chi connectivity index (χ2v) is 11.0. The van der Waals surface area contributed by atoms with Gasteiger partial charge in [-0.25, -0.2) is 9.97 Å². The molecule has 10 heteroatoms. The van der Waals surface area contributed by atoms with Gasteiger partial charge in [0.15, 0.2) is 10.9 Å².